The van der Waals surface area contributed by atoms with E-state index >= 15 is 0 Å². The molecule has 1 aliphatic carbocycles. The number of rotatable bonds is 5. The first-order valence-electron chi connectivity index (χ1n) is 8.97. The van der Waals surface area contributed by atoms with Crippen molar-refractivity contribution in [3.63, 3.8) is 0 Å². The third-order valence-electron chi connectivity index (χ3n) is 4.84. The Kier molecular flexibility index (Phi) is 4.54. The van der Waals surface area contributed by atoms with Gasteiger partial charge in [-0.25, -0.2) is 4.68 Å². The van der Waals surface area contributed by atoms with Gasteiger partial charge in [0.05, 0.1) is 12.8 Å². The Morgan fingerprint density at radius 1 is 1.22 bits per heavy atom. The molecule has 4 rings (SSSR count). The van der Waals surface area contributed by atoms with Crippen molar-refractivity contribution in [1.82, 2.24) is 15.1 Å². The van der Waals surface area contributed by atoms with Gasteiger partial charge in [-0.15, -0.1) is 0 Å². The number of nitrogens with one attached hydrogen (secondary N) is 1. The molecule has 6 nitrogen and oxygen atoms in total. The highest BCUT2D eigenvalue weighted by molar-refractivity contribution is 5.94. The summed E-state index contributed by atoms with van der Waals surface area (Å²) in [5.74, 6) is 0.276. The first-order chi connectivity index (χ1) is 13.2. The smallest absolute Gasteiger partial charge is 0.272 e. The van der Waals surface area contributed by atoms with Crippen LogP contribution < -0.4 is 10.1 Å². The summed E-state index contributed by atoms with van der Waals surface area (Å²) < 4.78 is 7.00. The average Bonchev–Trinajstić information content (AvgIpc) is 3.30. The number of para-hydroxylation sites is 1. The van der Waals surface area contributed by atoms with Crippen LogP contribution in [0.2, 0.25) is 0 Å². The van der Waals surface area contributed by atoms with Gasteiger partial charge < -0.3 is 15.2 Å². The molecule has 0 bridgehead atoms. The lowest BCUT2D eigenvalue weighted by molar-refractivity contribution is 0.0944. The molecule has 0 saturated carbocycles. The minimum absolute atomic E-state index is 0.0759. The van der Waals surface area contributed by atoms with Gasteiger partial charge in [0.1, 0.15) is 0 Å². The monoisotopic (exact) mass is 363 g/mol. The molecule has 2 aromatic carbocycles. The van der Waals surface area contributed by atoms with E-state index in [1.54, 1.807) is 18.2 Å². The molecule has 0 spiro atoms. The largest absolute Gasteiger partial charge is 0.504 e. The van der Waals surface area contributed by atoms with Crippen LogP contribution in [0.5, 0.6) is 11.5 Å². The third-order valence-corrected chi connectivity index (χ3v) is 4.84. The predicted molar refractivity (Wildman–Crippen MR) is 101 cm³/mol. The second kappa shape index (κ2) is 7.15. The van der Waals surface area contributed by atoms with Crippen molar-refractivity contribution in [3.8, 4) is 17.2 Å². The van der Waals surface area contributed by atoms with Gasteiger partial charge in [0, 0.05) is 17.8 Å². The van der Waals surface area contributed by atoms with E-state index in [0.717, 1.165) is 41.8 Å². The van der Waals surface area contributed by atoms with Gasteiger partial charge in [0.25, 0.3) is 5.91 Å². The molecule has 0 aliphatic heterocycles. The van der Waals surface area contributed by atoms with E-state index < -0.39 is 0 Å². The van der Waals surface area contributed by atoms with Crippen molar-refractivity contribution < 1.29 is 14.6 Å². The quantitative estimate of drug-likeness (QED) is 0.731. The fourth-order valence-electron chi connectivity index (χ4n) is 3.50. The molecule has 3 aromatic rings. The Morgan fingerprint density at radius 3 is 2.81 bits per heavy atom. The lowest BCUT2D eigenvalue weighted by Crippen LogP contribution is -2.24. The van der Waals surface area contributed by atoms with Crippen molar-refractivity contribution in [3.05, 3.63) is 71.0 Å². The van der Waals surface area contributed by atoms with Crippen molar-refractivity contribution in [2.24, 2.45) is 0 Å². The van der Waals surface area contributed by atoms with E-state index in [0.29, 0.717) is 18.0 Å². The third kappa shape index (κ3) is 3.26. The molecule has 0 unspecified atom stereocenters. The number of amides is 1. The number of aromatic hydroxyl groups is 1. The maximum atomic E-state index is 12.8. The fourth-order valence-corrected chi connectivity index (χ4v) is 3.50. The highest BCUT2D eigenvalue weighted by Gasteiger charge is 2.26. The molecular formula is C21H21N3O3. The average molecular weight is 363 g/mol. The Labute approximate surface area is 157 Å². The van der Waals surface area contributed by atoms with Gasteiger partial charge in [-0.2, -0.15) is 5.10 Å². The number of nitrogens with zero attached hydrogens (tertiary/aromatic N) is 2. The van der Waals surface area contributed by atoms with E-state index in [9.17, 15) is 9.90 Å². The van der Waals surface area contributed by atoms with Crippen LogP contribution in [0.15, 0.2) is 48.5 Å². The highest BCUT2D eigenvalue weighted by atomic mass is 16.5. The van der Waals surface area contributed by atoms with Gasteiger partial charge in [-0.1, -0.05) is 24.3 Å². The van der Waals surface area contributed by atoms with Crippen molar-refractivity contribution in [1.29, 1.82) is 0 Å². The van der Waals surface area contributed by atoms with Crippen LogP contribution in [-0.4, -0.2) is 27.9 Å². The number of carbonyl (C=O) groups excluding carboxylic acids is 1. The van der Waals surface area contributed by atoms with Crippen molar-refractivity contribution in [2.45, 2.75) is 25.8 Å². The highest BCUT2D eigenvalue weighted by Crippen LogP contribution is 2.28. The summed E-state index contributed by atoms with van der Waals surface area (Å²) in [4.78, 5) is 12.8. The SMILES string of the molecule is COc1cc(CNC(=O)c2nn(-c3ccccc3)c3c2CCC3)ccc1O. The Balaban J connectivity index is 1.56. The lowest BCUT2D eigenvalue weighted by atomic mass is 10.1. The molecule has 0 atom stereocenters. The summed E-state index contributed by atoms with van der Waals surface area (Å²) in [5, 5.41) is 17.2. The van der Waals surface area contributed by atoms with Crippen LogP contribution in [0.4, 0.5) is 0 Å². The standard InChI is InChI=1S/C21H21N3O3/c1-27-19-12-14(10-11-18(19)25)13-22-21(26)20-16-8-5-9-17(16)24(23-20)15-6-3-2-4-7-15/h2-4,6-7,10-12,25H,5,8-9,13H2,1H3,(H,22,26). The van der Waals surface area contributed by atoms with Crippen LogP contribution in [0.25, 0.3) is 5.69 Å². The molecular weight excluding hydrogens is 342 g/mol. The summed E-state index contributed by atoms with van der Waals surface area (Å²) >= 11 is 0. The van der Waals surface area contributed by atoms with Crippen molar-refractivity contribution >= 4 is 5.91 Å². The van der Waals surface area contributed by atoms with E-state index in [1.807, 2.05) is 35.0 Å². The van der Waals surface area contributed by atoms with Gasteiger partial charge >= 0.3 is 0 Å². The molecule has 0 saturated heterocycles. The van der Waals surface area contributed by atoms with E-state index in [2.05, 4.69) is 10.4 Å². The normalized spacial score (nSPS) is 12.6. The zero-order chi connectivity index (χ0) is 18.8. The maximum absolute atomic E-state index is 12.8. The summed E-state index contributed by atoms with van der Waals surface area (Å²) in [7, 11) is 1.50. The van der Waals surface area contributed by atoms with E-state index in [1.165, 1.54) is 7.11 Å². The first kappa shape index (κ1) is 17.1. The molecule has 1 heterocycles. The molecule has 1 aromatic heterocycles. The second-order valence-corrected chi connectivity index (χ2v) is 6.56. The van der Waals surface area contributed by atoms with E-state index in [-0.39, 0.29) is 11.7 Å². The van der Waals surface area contributed by atoms with Crippen LogP contribution in [-0.2, 0) is 19.4 Å². The zero-order valence-corrected chi connectivity index (χ0v) is 15.1. The summed E-state index contributed by atoms with van der Waals surface area (Å²) in [6.07, 6.45) is 2.84. The molecule has 1 aliphatic rings. The van der Waals surface area contributed by atoms with Crippen molar-refractivity contribution in [2.75, 3.05) is 7.11 Å². The number of carbonyl (C=O) groups is 1. The summed E-state index contributed by atoms with van der Waals surface area (Å²) in [6, 6.07) is 14.9. The van der Waals surface area contributed by atoms with E-state index in [4.69, 9.17) is 4.74 Å². The van der Waals surface area contributed by atoms with Gasteiger partial charge in [0.2, 0.25) is 0 Å². The Bertz CT molecular complexity index is 980. The number of fused-ring (bicyclic) bond motifs is 1. The first-order valence-corrected chi connectivity index (χ1v) is 8.97. The van der Waals surface area contributed by atoms with Gasteiger partial charge in [-0.3, -0.25) is 4.79 Å². The molecule has 1 amide bonds. The molecule has 2 N–H and O–H groups in total. The molecule has 0 radical (unpaired) electrons. The number of hydrogen-bond donors (Lipinski definition) is 2. The maximum Gasteiger partial charge on any atom is 0.272 e. The van der Waals surface area contributed by atoms with Gasteiger partial charge in [0.15, 0.2) is 17.2 Å². The number of hydrogen-bond acceptors (Lipinski definition) is 4. The van der Waals surface area contributed by atoms with Crippen LogP contribution in [0.3, 0.4) is 0 Å². The zero-order valence-electron chi connectivity index (χ0n) is 15.1. The number of methoxy groups -OCH3 is 1. The number of benzene rings is 2. The van der Waals surface area contributed by atoms with Gasteiger partial charge in [-0.05, 0) is 49.1 Å². The topological polar surface area (TPSA) is 76.4 Å². The summed E-state index contributed by atoms with van der Waals surface area (Å²) in [5.41, 5.74) is 4.48. The lowest BCUT2D eigenvalue weighted by Gasteiger charge is -2.08. The molecule has 27 heavy (non-hydrogen) atoms. The predicted octanol–water partition coefficient (Wildman–Crippen LogP) is 3.01. The molecule has 138 valence electrons. The molecule has 0 fully saturated rings. The summed E-state index contributed by atoms with van der Waals surface area (Å²) in [6.45, 7) is 0.336. The number of aromatic nitrogens is 2. The molecule has 6 heteroatoms. The fraction of sp³-hybridized carbons (Fsp3) is 0.238. The van der Waals surface area contributed by atoms with Crippen LogP contribution >= 0.6 is 0 Å². The number of phenols is 1. The minimum atomic E-state index is -0.185. The number of phenolic OH excluding ortho intramolecular Hbond substituents is 1. The van der Waals surface area contributed by atoms with Crippen LogP contribution in [0.1, 0.15) is 33.7 Å². The van der Waals surface area contributed by atoms with Crippen LogP contribution in [0, 0.1) is 0 Å². The Hall–Kier alpha value is -3.28. The Morgan fingerprint density at radius 2 is 2.04 bits per heavy atom. The second-order valence-electron chi connectivity index (χ2n) is 6.56. The number of ether oxygens (including phenoxy) is 1. The minimum Gasteiger partial charge on any atom is -0.504 e.